The molecular formula is C17H27N3O. The smallest absolute Gasteiger partial charge is 0.239 e. The van der Waals surface area contributed by atoms with E-state index < -0.39 is 0 Å². The molecule has 4 nitrogen and oxygen atoms in total. The molecule has 1 aromatic carbocycles. The fraction of sp³-hybridized carbons (Fsp3) is 0.588. The molecule has 1 atom stereocenters. The maximum absolute atomic E-state index is 11.8. The van der Waals surface area contributed by atoms with Gasteiger partial charge in [0.1, 0.15) is 0 Å². The molecular weight excluding hydrogens is 262 g/mol. The standard InChI is InChI=1S/C17H27N3O/c1-13(2)14(3)19-17(21)12-18-15-6-8-16(9-7-15)20-10-4-5-11-20/h6-9,13-14,18H,4-5,10-12H2,1-3H3,(H,19,21). The van der Waals surface area contributed by atoms with Crippen LogP contribution >= 0.6 is 0 Å². The van der Waals surface area contributed by atoms with Crippen LogP contribution in [0.5, 0.6) is 0 Å². The van der Waals surface area contributed by atoms with Crippen molar-refractivity contribution in [3.8, 4) is 0 Å². The Morgan fingerprint density at radius 1 is 1.14 bits per heavy atom. The van der Waals surface area contributed by atoms with Gasteiger partial charge < -0.3 is 15.5 Å². The highest BCUT2D eigenvalue weighted by molar-refractivity contribution is 5.81. The summed E-state index contributed by atoms with van der Waals surface area (Å²) in [4.78, 5) is 14.2. The van der Waals surface area contributed by atoms with Crippen LogP contribution < -0.4 is 15.5 Å². The van der Waals surface area contributed by atoms with Crippen molar-refractivity contribution < 1.29 is 4.79 Å². The van der Waals surface area contributed by atoms with E-state index in [0.29, 0.717) is 12.5 Å². The Balaban J connectivity index is 1.79. The van der Waals surface area contributed by atoms with Gasteiger partial charge in [0.05, 0.1) is 6.54 Å². The van der Waals surface area contributed by atoms with Crippen LogP contribution in [0.3, 0.4) is 0 Å². The predicted octanol–water partition coefficient (Wildman–Crippen LogP) is 2.86. The molecule has 0 aromatic heterocycles. The summed E-state index contributed by atoms with van der Waals surface area (Å²) in [5.74, 6) is 0.494. The summed E-state index contributed by atoms with van der Waals surface area (Å²) >= 11 is 0. The molecule has 21 heavy (non-hydrogen) atoms. The van der Waals surface area contributed by atoms with Gasteiger partial charge >= 0.3 is 0 Å². The van der Waals surface area contributed by atoms with Crippen LogP contribution in [0.15, 0.2) is 24.3 Å². The molecule has 2 N–H and O–H groups in total. The van der Waals surface area contributed by atoms with Gasteiger partial charge in [-0.15, -0.1) is 0 Å². The second-order valence-corrected chi connectivity index (χ2v) is 6.19. The summed E-state index contributed by atoms with van der Waals surface area (Å²) in [6, 6.07) is 8.56. The third-order valence-electron chi connectivity index (χ3n) is 4.18. The molecule has 1 aliphatic rings. The Hall–Kier alpha value is -1.71. The van der Waals surface area contributed by atoms with Crippen molar-refractivity contribution in [3.63, 3.8) is 0 Å². The zero-order valence-electron chi connectivity index (χ0n) is 13.4. The first-order valence-corrected chi connectivity index (χ1v) is 7.94. The lowest BCUT2D eigenvalue weighted by atomic mass is 10.1. The van der Waals surface area contributed by atoms with Crippen molar-refractivity contribution in [3.05, 3.63) is 24.3 Å². The number of hydrogen-bond donors (Lipinski definition) is 2. The minimum Gasteiger partial charge on any atom is -0.376 e. The Morgan fingerprint density at radius 2 is 1.76 bits per heavy atom. The Morgan fingerprint density at radius 3 is 2.33 bits per heavy atom. The van der Waals surface area contributed by atoms with Gasteiger partial charge in [-0.3, -0.25) is 4.79 Å². The molecule has 4 heteroatoms. The van der Waals surface area contributed by atoms with E-state index in [2.05, 4.69) is 41.5 Å². The van der Waals surface area contributed by atoms with Crippen molar-refractivity contribution in [2.24, 2.45) is 5.92 Å². The Labute approximate surface area is 127 Å². The number of rotatable bonds is 6. The van der Waals surface area contributed by atoms with Gasteiger partial charge in [-0.25, -0.2) is 0 Å². The average Bonchev–Trinajstić information content (AvgIpc) is 2.99. The minimum absolute atomic E-state index is 0.0415. The molecule has 1 aliphatic heterocycles. The summed E-state index contributed by atoms with van der Waals surface area (Å²) in [5.41, 5.74) is 2.27. The molecule has 1 unspecified atom stereocenters. The van der Waals surface area contributed by atoms with Crippen molar-refractivity contribution in [1.82, 2.24) is 5.32 Å². The number of hydrogen-bond acceptors (Lipinski definition) is 3. The molecule has 1 heterocycles. The third-order valence-corrected chi connectivity index (χ3v) is 4.18. The van der Waals surface area contributed by atoms with Crippen LogP contribution in [-0.4, -0.2) is 31.6 Å². The first-order valence-electron chi connectivity index (χ1n) is 7.94. The molecule has 0 aliphatic carbocycles. The van der Waals surface area contributed by atoms with Crippen molar-refractivity contribution in [2.75, 3.05) is 29.9 Å². The van der Waals surface area contributed by atoms with Crippen LogP contribution in [0.2, 0.25) is 0 Å². The summed E-state index contributed by atoms with van der Waals surface area (Å²) in [6.07, 6.45) is 2.57. The van der Waals surface area contributed by atoms with E-state index in [1.54, 1.807) is 0 Å². The van der Waals surface area contributed by atoms with Crippen molar-refractivity contribution in [2.45, 2.75) is 39.7 Å². The van der Waals surface area contributed by atoms with Crippen LogP contribution in [0.4, 0.5) is 11.4 Å². The van der Waals surface area contributed by atoms with E-state index in [4.69, 9.17) is 0 Å². The Kier molecular flexibility index (Phi) is 5.48. The van der Waals surface area contributed by atoms with Gasteiger partial charge in [-0.05, 0) is 49.9 Å². The molecule has 0 bridgehead atoms. The highest BCUT2D eigenvalue weighted by atomic mass is 16.1. The predicted molar refractivity (Wildman–Crippen MR) is 88.8 cm³/mol. The minimum atomic E-state index is 0.0415. The quantitative estimate of drug-likeness (QED) is 0.846. The van der Waals surface area contributed by atoms with Crippen molar-refractivity contribution in [1.29, 1.82) is 0 Å². The first-order chi connectivity index (χ1) is 10.1. The SMILES string of the molecule is CC(C)C(C)NC(=O)CNc1ccc(N2CCCC2)cc1. The van der Waals surface area contributed by atoms with E-state index in [-0.39, 0.29) is 11.9 Å². The highest BCUT2D eigenvalue weighted by Crippen LogP contribution is 2.21. The monoisotopic (exact) mass is 289 g/mol. The number of amides is 1. The summed E-state index contributed by atoms with van der Waals surface area (Å²) < 4.78 is 0. The van der Waals surface area contributed by atoms with Crippen LogP contribution in [0, 0.1) is 5.92 Å². The largest absolute Gasteiger partial charge is 0.376 e. The second-order valence-electron chi connectivity index (χ2n) is 6.19. The highest BCUT2D eigenvalue weighted by Gasteiger charge is 2.12. The molecule has 116 valence electrons. The second kappa shape index (κ2) is 7.34. The molecule has 0 radical (unpaired) electrons. The lowest BCUT2D eigenvalue weighted by Crippen LogP contribution is -2.39. The first kappa shape index (κ1) is 15.7. The van der Waals surface area contributed by atoms with Gasteiger partial charge in [-0.2, -0.15) is 0 Å². The molecule has 0 saturated carbocycles. The molecule has 1 amide bonds. The zero-order valence-corrected chi connectivity index (χ0v) is 13.4. The topological polar surface area (TPSA) is 44.4 Å². The molecule has 1 fully saturated rings. The lowest BCUT2D eigenvalue weighted by Gasteiger charge is -2.19. The summed E-state index contributed by atoms with van der Waals surface area (Å²) in [5, 5.41) is 6.17. The zero-order chi connectivity index (χ0) is 15.2. The van der Waals surface area contributed by atoms with Crippen LogP contribution in [0.25, 0.3) is 0 Å². The molecule has 1 aromatic rings. The summed E-state index contributed by atoms with van der Waals surface area (Å²) in [7, 11) is 0. The maximum atomic E-state index is 11.8. The molecule has 1 saturated heterocycles. The van der Waals surface area contributed by atoms with Crippen molar-refractivity contribution >= 4 is 17.3 Å². The fourth-order valence-corrected chi connectivity index (χ4v) is 2.42. The number of carbonyl (C=O) groups excluding carboxylic acids is 1. The fourth-order valence-electron chi connectivity index (χ4n) is 2.42. The van der Waals surface area contributed by atoms with E-state index in [1.807, 2.05) is 19.1 Å². The van der Waals surface area contributed by atoms with Crippen LogP contribution in [-0.2, 0) is 4.79 Å². The number of benzene rings is 1. The van der Waals surface area contributed by atoms with Gasteiger partial charge in [0.2, 0.25) is 5.91 Å². The third kappa shape index (κ3) is 4.66. The van der Waals surface area contributed by atoms with Gasteiger partial charge in [0.15, 0.2) is 0 Å². The van der Waals surface area contributed by atoms with E-state index in [9.17, 15) is 4.79 Å². The average molecular weight is 289 g/mol. The molecule has 2 rings (SSSR count). The maximum Gasteiger partial charge on any atom is 0.239 e. The Bertz CT molecular complexity index is 450. The number of carbonyl (C=O) groups is 1. The summed E-state index contributed by atoms with van der Waals surface area (Å²) in [6.45, 7) is 8.88. The van der Waals surface area contributed by atoms with E-state index in [1.165, 1.54) is 18.5 Å². The van der Waals surface area contributed by atoms with E-state index >= 15 is 0 Å². The number of nitrogens with zero attached hydrogens (tertiary/aromatic N) is 1. The molecule has 0 spiro atoms. The van der Waals surface area contributed by atoms with Gasteiger partial charge in [0.25, 0.3) is 0 Å². The van der Waals surface area contributed by atoms with E-state index in [0.717, 1.165) is 18.8 Å². The van der Waals surface area contributed by atoms with Crippen LogP contribution in [0.1, 0.15) is 33.6 Å². The van der Waals surface area contributed by atoms with Gasteiger partial charge in [-0.1, -0.05) is 13.8 Å². The number of anilines is 2. The normalized spacial score (nSPS) is 16.1. The lowest BCUT2D eigenvalue weighted by molar-refractivity contribution is -0.120. The van der Waals surface area contributed by atoms with Gasteiger partial charge in [0, 0.05) is 30.5 Å². The number of nitrogens with one attached hydrogen (secondary N) is 2.